The highest BCUT2D eigenvalue weighted by molar-refractivity contribution is 7.90. The van der Waals surface area contributed by atoms with Crippen molar-refractivity contribution < 1.29 is 27.9 Å². The molecule has 0 aliphatic carbocycles. The molecule has 0 bridgehead atoms. The molecule has 0 aliphatic rings. The number of hydrogen-bond donors (Lipinski definition) is 2. The van der Waals surface area contributed by atoms with Crippen molar-refractivity contribution in [1.82, 2.24) is 5.32 Å². The third-order valence-corrected chi connectivity index (χ3v) is 4.09. The summed E-state index contributed by atoms with van der Waals surface area (Å²) in [6.07, 6.45) is 1.71. The summed E-state index contributed by atoms with van der Waals surface area (Å²) in [5.41, 5.74) is 0. The summed E-state index contributed by atoms with van der Waals surface area (Å²) in [6, 6.07) is 5.64. The van der Waals surface area contributed by atoms with Crippen LogP contribution in [0.2, 0.25) is 0 Å². The van der Waals surface area contributed by atoms with Crippen molar-refractivity contribution >= 4 is 21.7 Å². The Bertz CT molecular complexity index is 638. The van der Waals surface area contributed by atoms with Gasteiger partial charge in [-0.15, -0.1) is 0 Å². The number of amides is 1. The molecule has 0 heterocycles. The second-order valence-electron chi connectivity index (χ2n) is 5.26. The van der Waals surface area contributed by atoms with Gasteiger partial charge in [-0.05, 0) is 37.6 Å². The maximum atomic E-state index is 11.6. The van der Waals surface area contributed by atoms with Crippen LogP contribution in [0.3, 0.4) is 0 Å². The van der Waals surface area contributed by atoms with E-state index in [-0.39, 0.29) is 23.6 Å². The molecule has 1 aromatic carbocycles. The Hall–Kier alpha value is -2.09. The van der Waals surface area contributed by atoms with E-state index < -0.39 is 21.8 Å². The van der Waals surface area contributed by atoms with Crippen LogP contribution in [0.5, 0.6) is 5.75 Å². The van der Waals surface area contributed by atoms with Crippen molar-refractivity contribution in [1.29, 1.82) is 0 Å². The topological polar surface area (TPSA) is 110 Å². The van der Waals surface area contributed by atoms with Gasteiger partial charge >= 0.3 is 5.97 Å². The number of carbonyl (C=O) groups excluding carboxylic acids is 1. The minimum absolute atomic E-state index is 0.116. The predicted octanol–water partition coefficient (Wildman–Crippen LogP) is 1.23. The van der Waals surface area contributed by atoms with Gasteiger partial charge < -0.3 is 15.2 Å². The number of ether oxygens (including phenoxy) is 1. The van der Waals surface area contributed by atoms with E-state index >= 15 is 0 Å². The maximum absolute atomic E-state index is 11.6. The number of benzene rings is 1. The van der Waals surface area contributed by atoms with E-state index in [1.807, 2.05) is 0 Å². The lowest BCUT2D eigenvalue weighted by molar-refractivity contribution is -0.137. The fourth-order valence-electron chi connectivity index (χ4n) is 1.87. The molecule has 0 aromatic heterocycles. The van der Waals surface area contributed by atoms with Crippen LogP contribution in [0.1, 0.15) is 26.2 Å². The van der Waals surface area contributed by atoms with E-state index in [0.717, 1.165) is 6.26 Å². The lowest BCUT2D eigenvalue weighted by atomic mass is 10.2. The van der Waals surface area contributed by atoms with Crippen LogP contribution in [0.25, 0.3) is 0 Å². The Labute approximate surface area is 135 Å². The zero-order valence-electron chi connectivity index (χ0n) is 13.1. The molecule has 1 amide bonds. The summed E-state index contributed by atoms with van der Waals surface area (Å²) in [5.74, 6) is -0.662. The van der Waals surface area contributed by atoms with Gasteiger partial charge in [0.25, 0.3) is 0 Å². The number of nitrogens with one attached hydrogen (secondary N) is 1. The Balaban J connectivity index is 2.29. The summed E-state index contributed by atoms with van der Waals surface area (Å²) < 4.78 is 28.0. The molecule has 1 aromatic rings. The van der Waals surface area contributed by atoms with Crippen LogP contribution in [-0.2, 0) is 19.4 Å². The van der Waals surface area contributed by atoms with Crippen molar-refractivity contribution in [2.45, 2.75) is 37.1 Å². The van der Waals surface area contributed by atoms with Gasteiger partial charge in [-0.1, -0.05) is 0 Å². The normalized spacial score (nSPS) is 12.4. The number of aliphatic carboxylic acids is 1. The molecule has 0 saturated heterocycles. The molecule has 128 valence electrons. The summed E-state index contributed by atoms with van der Waals surface area (Å²) in [6.45, 7) is 1.94. The minimum atomic E-state index is -3.23. The van der Waals surface area contributed by atoms with E-state index in [2.05, 4.69) is 5.32 Å². The van der Waals surface area contributed by atoms with Crippen molar-refractivity contribution in [3.8, 4) is 5.75 Å². The Morgan fingerprint density at radius 3 is 2.39 bits per heavy atom. The lowest BCUT2D eigenvalue weighted by Gasteiger charge is -2.11. The quantitative estimate of drug-likeness (QED) is 0.653. The molecular weight excluding hydrogens is 322 g/mol. The van der Waals surface area contributed by atoms with Crippen LogP contribution >= 0.6 is 0 Å². The van der Waals surface area contributed by atoms with E-state index in [4.69, 9.17) is 9.84 Å². The molecule has 7 nitrogen and oxygen atoms in total. The SMILES string of the molecule is CC(CC(=O)O)NC(=O)CCCOc1ccc(S(C)(=O)=O)cc1. The van der Waals surface area contributed by atoms with E-state index in [1.54, 1.807) is 19.1 Å². The summed E-state index contributed by atoms with van der Waals surface area (Å²) >= 11 is 0. The molecule has 0 fully saturated rings. The van der Waals surface area contributed by atoms with Crippen molar-refractivity contribution in [2.24, 2.45) is 0 Å². The minimum Gasteiger partial charge on any atom is -0.494 e. The predicted molar refractivity (Wildman–Crippen MR) is 84.1 cm³/mol. The fraction of sp³-hybridized carbons (Fsp3) is 0.467. The molecule has 0 spiro atoms. The molecule has 2 N–H and O–H groups in total. The smallest absolute Gasteiger partial charge is 0.305 e. The third kappa shape index (κ3) is 7.64. The van der Waals surface area contributed by atoms with E-state index in [9.17, 15) is 18.0 Å². The van der Waals surface area contributed by atoms with Crippen molar-refractivity contribution in [3.63, 3.8) is 0 Å². The standard InChI is InChI=1S/C15H21NO6S/c1-11(10-15(18)19)16-14(17)4-3-9-22-12-5-7-13(8-6-12)23(2,20)21/h5-8,11H,3-4,9-10H2,1-2H3,(H,16,17)(H,18,19). The molecule has 0 saturated carbocycles. The highest BCUT2D eigenvalue weighted by Gasteiger charge is 2.11. The van der Waals surface area contributed by atoms with E-state index in [0.29, 0.717) is 18.8 Å². The van der Waals surface area contributed by atoms with Crippen LogP contribution in [0, 0.1) is 0 Å². The first-order valence-electron chi connectivity index (χ1n) is 7.12. The maximum Gasteiger partial charge on any atom is 0.305 e. The summed E-state index contributed by atoms with van der Waals surface area (Å²) in [4.78, 5) is 22.3. The van der Waals surface area contributed by atoms with Crippen LogP contribution < -0.4 is 10.1 Å². The number of sulfone groups is 1. The molecule has 1 unspecified atom stereocenters. The first kappa shape index (κ1) is 19.0. The Kier molecular flexibility index (Phi) is 7.02. The number of carbonyl (C=O) groups is 2. The van der Waals surface area contributed by atoms with Crippen molar-refractivity contribution in [2.75, 3.05) is 12.9 Å². The molecule has 0 aliphatic heterocycles. The number of carboxylic acid groups (broad SMARTS) is 1. The molecule has 23 heavy (non-hydrogen) atoms. The highest BCUT2D eigenvalue weighted by Crippen LogP contribution is 2.16. The fourth-order valence-corrected chi connectivity index (χ4v) is 2.50. The summed E-state index contributed by atoms with van der Waals surface area (Å²) in [5, 5.41) is 11.2. The van der Waals surface area contributed by atoms with Gasteiger partial charge in [-0.3, -0.25) is 9.59 Å². The number of rotatable bonds is 9. The molecule has 0 radical (unpaired) electrons. The summed E-state index contributed by atoms with van der Waals surface area (Å²) in [7, 11) is -3.23. The monoisotopic (exact) mass is 343 g/mol. The van der Waals surface area contributed by atoms with Gasteiger partial charge in [-0.25, -0.2) is 8.42 Å². The Morgan fingerprint density at radius 1 is 1.26 bits per heavy atom. The average Bonchev–Trinajstić information content (AvgIpc) is 2.42. The number of carboxylic acids is 1. The van der Waals surface area contributed by atoms with Gasteiger partial charge in [0.05, 0.1) is 17.9 Å². The lowest BCUT2D eigenvalue weighted by Crippen LogP contribution is -2.34. The van der Waals surface area contributed by atoms with Crippen molar-refractivity contribution in [3.05, 3.63) is 24.3 Å². The van der Waals surface area contributed by atoms with Gasteiger partial charge in [0, 0.05) is 18.7 Å². The Morgan fingerprint density at radius 2 is 1.87 bits per heavy atom. The first-order chi connectivity index (χ1) is 10.7. The van der Waals surface area contributed by atoms with Crippen LogP contribution in [0.4, 0.5) is 0 Å². The van der Waals surface area contributed by atoms with Gasteiger partial charge in [0.2, 0.25) is 5.91 Å². The first-order valence-corrected chi connectivity index (χ1v) is 9.01. The van der Waals surface area contributed by atoms with Gasteiger partial charge in [-0.2, -0.15) is 0 Å². The molecule has 1 rings (SSSR count). The third-order valence-electron chi connectivity index (χ3n) is 2.96. The second-order valence-corrected chi connectivity index (χ2v) is 7.28. The highest BCUT2D eigenvalue weighted by atomic mass is 32.2. The zero-order valence-corrected chi connectivity index (χ0v) is 13.9. The van der Waals surface area contributed by atoms with Crippen LogP contribution in [0.15, 0.2) is 29.2 Å². The number of hydrogen-bond acceptors (Lipinski definition) is 5. The van der Waals surface area contributed by atoms with E-state index in [1.165, 1.54) is 12.1 Å². The van der Waals surface area contributed by atoms with Gasteiger partial charge in [0.1, 0.15) is 5.75 Å². The van der Waals surface area contributed by atoms with Crippen LogP contribution in [-0.4, -0.2) is 44.3 Å². The zero-order chi connectivity index (χ0) is 17.5. The molecule has 8 heteroatoms. The second kappa shape index (κ2) is 8.52. The van der Waals surface area contributed by atoms with Gasteiger partial charge in [0.15, 0.2) is 9.84 Å². The average molecular weight is 343 g/mol. The molecular formula is C15H21NO6S. The largest absolute Gasteiger partial charge is 0.494 e. The molecule has 1 atom stereocenters.